The van der Waals surface area contributed by atoms with E-state index < -0.39 is 0 Å². The van der Waals surface area contributed by atoms with Crippen molar-refractivity contribution in [3.8, 4) is 11.5 Å². The summed E-state index contributed by atoms with van der Waals surface area (Å²) in [5.74, 6) is 1.92. The number of nitrogens with zero attached hydrogens (tertiary/aromatic N) is 1. The van der Waals surface area contributed by atoms with Crippen molar-refractivity contribution in [1.82, 2.24) is 5.32 Å². The molecule has 0 bridgehead atoms. The topological polar surface area (TPSA) is 73.3 Å². The van der Waals surface area contributed by atoms with Crippen molar-refractivity contribution in [3.05, 3.63) is 53.8 Å². The fraction of sp³-hybridized carbons (Fsp3) is 0.458. The Kier molecular flexibility index (Phi) is 10.1. The second kappa shape index (κ2) is 13.5. The zero-order valence-electron chi connectivity index (χ0n) is 18.6. The predicted molar refractivity (Wildman–Crippen MR) is 123 cm³/mol. The Hall–Kier alpha value is -2.84. The van der Waals surface area contributed by atoms with Crippen molar-refractivity contribution >= 4 is 11.6 Å². The first kappa shape index (κ1) is 23.8. The maximum absolute atomic E-state index is 13.1. The number of halogens is 1. The number of aliphatic imine (C=N–C) groups is 1. The standard InChI is InChI=1S/C24H32FN3O4/c1-29-16-17-30-13-2-11-26-24(27-12-10-19-4-6-20(25)7-5-19)28-21-8-9-22-23(18-21)32-15-3-14-31-22/h4-9,18H,2-3,10-17H2,1H3,(H2,26,27,28). The van der Waals surface area contributed by atoms with Crippen molar-refractivity contribution in [3.63, 3.8) is 0 Å². The molecule has 0 aromatic heterocycles. The van der Waals surface area contributed by atoms with E-state index in [9.17, 15) is 4.39 Å². The van der Waals surface area contributed by atoms with E-state index in [0.29, 0.717) is 52.1 Å². The van der Waals surface area contributed by atoms with Gasteiger partial charge in [0.15, 0.2) is 17.5 Å². The smallest absolute Gasteiger partial charge is 0.195 e. The normalized spacial score (nSPS) is 13.5. The number of benzene rings is 2. The average Bonchev–Trinajstić information content (AvgIpc) is 3.04. The number of nitrogens with one attached hydrogen (secondary N) is 2. The summed E-state index contributed by atoms with van der Waals surface area (Å²) >= 11 is 0. The molecule has 0 saturated carbocycles. The highest BCUT2D eigenvalue weighted by molar-refractivity contribution is 5.94. The van der Waals surface area contributed by atoms with Crippen molar-refractivity contribution in [2.24, 2.45) is 4.99 Å². The molecule has 1 aliphatic rings. The second-order valence-electron chi connectivity index (χ2n) is 7.33. The molecule has 1 aliphatic heterocycles. The van der Waals surface area contributed by atoms with Crippen LogP contribution in [-0.4, -0.2) is 59.2 Å². The molecular formula is C24H32FN3O4. The van der Waals surface area contributed by atoms with Crippen molar-refractivity contribution in [1.29, 1.82) is 0 Å². The average molecular weight is 446 g/mol. The van der Waals surface area contributed by atoms with Crippen molar-refractivity contribution in [2.75, 3.05) is 58.6 Å². The van der Waals surface area contributed by atoms with Gasteiger partial charge in [-0.05, 0) is 42.7 Å². The Morgan fingerprint density at radius 2 is 1.84 bits per heavy atom. The molecule has 0 aliphatic carbocycles. The number of hydrogen-bond acceptors (Lipinski definition) is 5. The van der Waals surface area contributed by atoms with Gasteiger partial charge in [0.25, 0.3) is 0 Å². The summed E-state index contributed by atoms with van der Waals surface area (Å²) in [7, 11) is 1.66. The fourth-order valence-corrected chi connectivity index (χ4v) is 3.10. The molecule has 2 aromatic rings. The largest absolute Gasteiger partial charge is 0.490 e. The Morgan fingerprint density at radius 3 is 2.66 bits per heavy atom. The summed E-state index contributed by atoms with van der Waals surface area (Å²) in [6.45, 7) is 4.36. The predicted octanol–water partition coefficient (Wildman–Crippen LogP) is 3.64. The van der Waals surface area contributed by atoms with E-state index in [4.69, 9.17) is 18.9 Å². The number of methoxy groups -OCH3 is 1. The van der Waals surface area contributed by atoms with E-state index in [1.165, 1.54) is 12.1 Å². The number of rotatable bonds is 11. The van der Waals surface area contributed by atoms with E-state index in [0.717, 1.165) is 42.0 Å². The van der Waals surface area contributed by atoms with Gasteiger partial charge in [0.2, 0.25) is 0 Å². The van der Waals surface area contributed by atoms with Gasteiger partial charge in [-0.15, -0.1) is 0 Å². The molecule has 8 heteroatoms. The highest BCUT2D eigenvalue weighted by Gasteiger charge is 2.11. The molecule has 1 heterocycles. The summed E-state index contributed by atoms with van der Waals surface area (Å²) in [5, 5.41) is 6.69. The summed E-state index contributed by atoms with van der Waals surface area (Å²) in [6, 6.07) is 12.3. The lowest BCUT2D eigenvalue weighted by Gasteiger charge is -2.15. The van der Waals surface area contributed by atoms with Crippen LogP contribution in [0, 0.1) is 5.82 Å². The molecule has 0 fully saturated rings. The van der Waals surface area contributed by atoms with Crippen LogP contribution in [-0.2, 0) is 15.9 Å². The third kappa shape index (κ3) is 8.36. The molecule has 0 saturated heterocycles. The zero-order valence-corrected chi connectivity index (χ0v) is 18.6. The van der Waals surface area contributed by atoms with Crippen LogP contribution >= 0.6 is 0 Å². The van der Waals surface area contributed by atoms with Gasteiger partial charge >= 0.3 is 0 Å². The maximum Gasteiger partial charge on any atom is 0.195 e. The quantitative estimate of drug-likeness (QED) is 0.313. The molecule has 3 rings (SSSR count). The van der Waals surface area contributed by atoms with Crippen LogP contribution in [0.2, 0.25) is 0 Å². The summed E-state index contributed by atoms with van der Waals surface area (Å²) in [4.78, 5) is 4.66. The maximum atomic E-state index is 13.1. The van der Waals surface area contributed by atoms with Gasteiger partial charge in [-0.25, -0.2) is 4.39 Å². The zero-order chi connectivity index (χ0) is 22.4. The van der Waals surface area contributed by atoms with Crippen molar-refractivity contribution < 1.29 is 23.3 Å². The minimum atomic E-state index is -0.229. The minimum Gasteiger partial charge on any atom is -0.490 e. The van der Waals surface area contributed by atoms with Crippen LogP contribution in [0.1, 0.15) is 18.4 Å². The van der Waals surface area contributed by atoms with Gasteiger partial charge < -0.3 is 29.6 Å². The first-order valence-electron chi connectivity index (χ1n) is 11.0. The lowest BCUT2D eigenvalue weighted by Crippen LogP contribution is -2.32. The third-order valence-electron chi connectivity index (χ3n) is 4.78. The van der Waals surface area contributed by atoms with Gasteiger partial charge in [0.1, 0.15) is 5.82 Å². The highest BCUT2D eigenvalue weighted by atomic mass is 19.1. The Morgan fingerprint density at radius 1 is 1.03 bits per heavy atom. The molecule has 174 valence electrons. The van der Waals surface area contributed by atoms with Gasteiger partial charge in [0, 0.05) is 45.0 Å². The second-order valence-corrected chi connectivity index (χ2v) is 7.33. The van der Waals surface area contributed by atoms with Crippen LogP contribution in [0.15, 0.2) is 47.5 Å². The molecule has 2 N–H and O–H groups in total. The van der Waals surface area contributed by atoms with E-state index in [1.54, 1.807) is 19.2 Å². The summed E-state index contributed by atoms with van der Waals surface area (Å²) in [5.41, 5.74) is 1.92. The highest BCUT2D eigenvalue weighted by Crippen LogP contribution is 2.32. The lowest BCUT2D eigenvalue weighted by molar-refractivity contribution is 0.0702. The summed E-state index contributed by atoms with van der Waals surface area (Å²) < 4.78 is 35.1. The molecule has 2 aromatic carbocycles. The molecule has 0 atom stereocenters. The Balaban J connectivity index is 1.56. The Bertz CT molecular complexity index is 846. The molecular weight excluding hydrogens is 413 g/mol. The van der Waals surface area contributed by atoms with E-state index in [2.05, 4.69) is 15.6 Å². The number of hydrogen-bond donors (Lipinski definition) is 2. The van der Waals surface area contributed by atoms with E-state index in [1.807, 2.05) is 18.2 Å². The van der Waals surface area contributed by atoms with Gasteiger partial charge in [-0.1, -0.05) is 12.1 Å². The van der Waals surface area contributed by atoms with Crippen LogP contribution in [0.5, 0.6) is 11.5 Å². The molecule has 0 amide bonds. The van der Waals surface area contributed by atoms with Crippen molar-refractivity contribution in [2.45, 2.75) is 19.3 Å². The van der Waals surface area contributed by atoms with Gasteiger partial charge in [-0.3, -0.25) is 4.99 Å². The Labute approximate surface area is 188 Å². The molecule has 0 spiro atoms. The monoisotopic (exact) mass is 445 g/mol. The molecule has 32 heavy (non-hydrogen) atoms. The molecule has 7 nitrogen and oxygen atoms in total. The van der Waals surface area contributed by atoms with Crippen LogP contribution < -0.4 is 20.1 Å². The SMILES string of the molecule is COCCOCCCN=C(NCCc1ccc(F)cc1)Nc1ccc2c(c1)OCCCO2. The first-order chi connectivity index (χ1) is 15.7. The van der Waals surface area contributed by atoms with E-state index >= 15 is 0 Å². The van der Waals surface area contributed by atoms with Gasteiger partial charge in [-0.2, -0.15) is 0 Å². The number of anilines is 1. The molecule has 0 radical (unpaired) electrons. The fourth-order valence-electron chi connectivity index (χ4n) is 3.10. The third-order valence-corrected chi connectivity index (χ3v) is 4.78. The minimum absolute atomic E-state index is 0.229. The van der Waals surface area contributed by atoms with Crippen LogP contribution in [0.25, 0.3) is 0 Å². The summed E-state index contributed by atoms with van der Waals surface area (Å²) in [6.07, 6.45) is 2.42. The number of ether oxygens (including phenoxy) is 4. The van der Waals surface area contributed by atoms with Gasteiger partial charge in [0.05, 0.1) is 26.4 Å². The first-order valence-corrected chi connectivity index (χ1v) is 11.0. The number of guanidine groups is 1. The van der Waals surface area contributed by atoms with Crippen LogP contribution in [0.3, 0.4) is 0 Å². The molecule has 0 unspecified atom stereocenters. The lowest BCUT2D eigenvalue weighted by atomic mass is 10.1. The van der Waals surface area contributed by atoms with E-state index in [-0.39, 0.29) is 5.82 Å². The van der Waals surface area contributed by atoms with Crippen LogP contribution in [0.4, 0.5) is 10.1 Å². The number of fused-ring (bicyclic) bond motifs is 1.